The van der Waals surface area contributed by atoms with Gasteiger partial charge in [-0.05, 0) is 47.0 Å². The van der Waals surface area contributed by atoms with E-state index in [1.54, 1.807) is 30.6 Å². The van der Waals surface area contributed by atoms with Gasteiger partial charge in [0.05, 0.1) is 6.54 Å². The van der Waals surface area contributed by atoms with Gasteiger partial charge in [0.2, 0.25) is 5.91 Å². The number of nitrogens with one attached hydrogen (secondary N) is 1. The molecular formula is C23H19FN2O2. The zero-order valence-corrected chi connectivity index (χ0v) is 15.1. The summed E-state index contributed by atoms with van der Waals surface area (Å²) in [5.41, 5.74) is 3.99. The Balaban J connectivity index is 1.36. The number of fused-ring (bicyclic) bond motifs is 1. The average Bonchev–Trinajstić information content (AvgIpc) is 3.15. The number of hydrogen-bond acceptors (Lipinski definition) is 3. The Labute approximate surface area is 162 Å². The number of hydrogen-bond donors (Lipinski definition) is 1. The molecule has 4 nitrogen and oxygen atoms in total. The first-order valence-corrected chi connectivity index (χ1v) is 9.09. The lowest BCUT2D eigenvalue weighted by Gasteiger charge is -2.13. The average molecular weight is 374 g/mol. The molecular weight excluding hydrogens is 355 g/mol. The molecule has 0 radical (unpaired) electrons. The fraction of sp³-hybridized carbons (Fsp3) is 0.130. The molecule has 1 N–H and O–H groups in total. The molecule has 0 bridgehead atoms. The van der Waals surface area contributed by atoms with Crippen molar-refractivity contribution in [3.63, 3.8) is 0 Å². The number of rotatable bonds is 5. The van der Waals surface area contributed by atoms with Crippen LogP contribution in [0.5, 0.6) is 5.75 Å². The summed E-state index contributed by atoms with van der Waals surface area (Å²) in [6.45, 7) is 0.414. The minimum Gasteiger partial charge on any atom is -0.487 e. The quantitative estimate of drug-likeness (QED) is 0.686. The third-order valence-corrected chi connectivity index (χ3v) is 4.62. The summed E-state index contributed by atoms with van der Waals surface area (Å²) < 4.78 is 19.0. The Morgan fingerprint density at radius 1 is 1.14 bits per heavy atom. The molecule has 0 fully saturated rings. The number of aromatic nitrogens is 1. The van der Waals surface area contributed by atoms with Gasteiger partial charge in [0.15, 0.2) is 0 Å². The lowest BCUT2D eigenvalue weighted by Crippen LogP contribution is -2.33. The Hall–Kier alpha value is -3.47. The summed E-state index contributed by atoms with van der Waals surface area (Å²) in [4.78, 5) is 16.1. The highest BCUT2D eigenvalue weighted by atomic mass is 19.1. The van der Waals surface area contributed by atoms with E-state index in [4.69, 9.17) is 4.74 Å². The van der Waals surface area contributed by atoms with E-state index in [1.807, 2.05) is 24.3 Å². The number of para-hydroxylation sites is 1. The highest BCUT2D eigenvalue weighted by Crippen LogP contribution is 2.38. The number of nitrogens with zero attached hydrogens (tertiary/aromatic N) is 1. The first-order valence-electron chi connectivity index (χ1n) is 9.09. The monoisotopic (exact) mass is 374 g/mol. The predicted octanol–water partition coefficient (Wildman–Crippen LogP) is 4.02. The molecule has 0 saturated heterocycles. The van der Waals surface area contributed by atoms with E-state index in [1.165, 1.54) is 18.2 Å². The number of carbonyl (C=O) groups is 1. The fourth-order valence-corrected chi connectivity index (χ4v) is 3.23. The normalized spacial score (nSPS) is 15.2. The van der Waals surface area contributed by atoms with Crippen molar-refractivity contribution in [2.24, 2.45) is 0 Å². The zero-order valence-electron chi connectivity index (χ0n) is 15.1. The summed E-state index contributed by atoms with van der Waals surface area (Å²) in [5.74, 6) is 0.360. The van der Waals surface area contributed by atoms with E-state index in [-0.39, 0.29) is 17.8 Å². The summed E-state index contributed by atoms with van der Waals surface area (Å²) in [6.07, 6.45) is 7.25. The second-order valence-electron chi connectivity index (χ2n) is 6.60. The Morgan fingerprint density at radius 3 is 2.71 bits per heavy atom. The zero-order chi connectivity index (χ0) is 19.3. The van der Waals surface area contributed by atoms with E-state index in [0.717, 1.165) is 34.4 Å². The number of ether oxygens (including phenoxy) is 1. The molecule has 0 spiro atoms. The molecule has 2 heterocycles. The van der Waals surface area contributed by atoms with Gasteiger partial charge in [0.1, 0.15) is 17.7 Å². The van der Waals surface area contributed by atoms with Gasteiger partial charge in [-0.15, -0.1) is 0 Å². The van der Waals surface area contributed by atoms with Crippen molar-refractivity contribution in [1.29, 1.82) is 0 Å². The smallest absolute Gasteiger partial charge is 0.244 e. The highest BCUT2D eigenvalue weighted by molar-refractivity contribution is 5.91. The molecule has 1 atom stereocenters. The first-order chi connectivity index (χ1) is 13.7. The van der Waals surface area contributed by atoms with Crippen LogP contribution in [0.3, 0.4) is 0 Å². The van der Waals surface area contributed by atoms with Crippen molar-refractivity contribution < 1.29 is 13.9 Å². The minimum absolute atomic E-state index is 0.110. The van der Waals surface area contributed by atoms with E-state index in [0.29, 0.717) is 6.54 Å². The minimum atomic E-state index is -0.300. The van der Waals surface area contributed by atoms with Gasteiger partial charge in [-0.1, -0.05) is 30.3 Å². The van der Waals surface area contributed by atoms with E-state index < -0.39 is 0 Å². The Kier molecular flexibility index (Phi) is 5.15. The Bertz CT molecular complexity index is 1000. The van der Waals surface area contributed by atoms with E-state index in [2.05, 4.69) is 16.4 Å². The molecule has 0 aliphatic carbocycles. The second kappa shape index (κ2) is 8.05. The number of halogens is 1. The third-order valence-electron chi connectivity index (χ3n) is 4.62. The molecule has 1 aromatic heterocycles. The van der Waals surface area contributed by atoms with Crippen LogP contribution in [0.1, 0.15) is 11.1 Å². The van der Waals surface area contributed by atoms with Crippen LogP contribution in [-0.4, -0.2) is 23.5 Å². The SMILES string of the molecule is O=C(/C=C/c1ccc(F)cc1)NCC1Cc2cccc(-c3ccncc3)c2O1. The molecule has 28 heavy (non-hydrogen) atoms. The molecule has 5 heteroatoms. The summed E-state index contributed by atoms with van der Waals surface area (Å²) in [7, 11) is 0. The van der Waals surface area contributed by atoms with Crippen LogP contribution in [0.4, 0.5) is 4.39 Å². The first kappa shape index (κ1) is 17.9. The maximum Gasteiger partial charge on any atom is 0.244 e. The standard InChI is InChI=1S/C23H19FN2O2/c24-19-7-4-16(5-8-19)6-9-22(27)26-15-20-14-18-2-1-3-21(23(18)28-20)17-10-12-25-13-11-17/h1-13,20H,14-15H2,(H,26,27)/b9-6+. The molecule has 4 rings (SSSR count). The van der Waals surface area contributed by atoms with Gasteiger partial charge in [0, 0.05) is 30.5 Å². The van der Waals surface area contributed by atoms with Crippen LogP contribution < -0.4 is 10.1 Å². The molecule has 0 saturated carbocycles. The molecule has 3 aromatic rings. The summed E-state index contributed by atoms with van der Waals surface area (Å²) in [5, 5.41) is 2.87. The second-order valence-corrected chi connectivity index (χ2v) is 6.60. The summed E-state index contributed by atoms with van der Waals surface area (Å²) in [6, 6.07) is 16.0. The third kappa shape index (κ3) is 4.09. The van der Waals surface area contributed by atoms with Crippen LogP contribution in [0, 0.1) is 5.82 Å². The number of pyridine rings is 1. The molecule has 1 aliphatic rings. The van der Waals surface area contributed by atoms with Crippen molar-refractivity contribution in [2.45, 2.75) is 12.5 Å². The number of amides is 1. The van der Waals surface area contributed by atoms with Gasteiger partial charge in [0.25, 0.3) is 0 Å². The van der Waals surface area contributed by atoms with E-state index in [9.17, 15) is 9.18 Å². The number of benzene rings is 2. The van der Waals surface area contributed by atoms with Crippen molar-refractivity contribution in [3.8, 4) is 16.9 Å². The van der Waals surface area contributed by atoms with Crippen LogP contribution in [0.15, 0.2) is 73.1 Å². The number of carbonyl (C=O) groups excluding carboxylic acids is 1. The van der Waals surface area contributed by atoms with Crippen molar-refractivity contribution in [2.75, 3.05) is 6.54 Å². The van der Waals surface area contributed by atoms with Gasteiger partial charge in [-0.25, -0.2) is 4.39 Å². The lowest BCUT2D eigenvalue weighted by molar-refractivity contribution is -0.116. The molecule has 1 aliphatic heterocycles. The van der Waals surface area contributed by atoms with Crippen molar-refractivity contribution in [1.82, 2.24) is 10.3 Å². The van der Waals surface area contributed by atoms with Gasteiger partial charge in [-0.2, -0.15) is 0 Å². The van der Waals surface area contributed by atoms with E-state index >= 15 is 0 Å². The maximum atomic E-state index is 12.9. The van der Waals surface area contributed by atoms with Crippen LogP contribution in [0.25, 0.3) is 17.2 Å². The van der Waals surface area contributed by atoms with Crippen LogP contribution >= 0.6 is 0 Å². The molecule has 1 amide bonds. The topological polar surface area (TPSA) is 51.2 Å². The fourth-order valence-electron chi connectivity index (χ4n) is 3.23. The molecule has 140 valence electrons. The maximum absolute atomic E-state index is 12.9. The van der Waals surface area contributed by atoms with Gasteiger partial charge < -0.3 is 10.1 Å². The highest BCUT2D eigenvalue weighted by Gasteiger charge is 2.25. The van der Waals surface area contributed by atoms with Crippen LogP contribution in [0.2, 0.25) is 0 Å². The van der Waals surface area contributed by atoms with Crippen molar-refractivity contribution >= 4 is 12.0 Å². The van der Waals surface area contributed by atoms with Crippen molar-refractivity contribution in [3.05, 3.63) is 90.0 Å². The van der Waals surface area contributed by atoms with Gasteiger partial charge >= 0.3 is 0 Å². The largest absolute Gasteiger partial charge is 0.487 e. The summed E-state index contributed by atoms with van der Waals surface area (Å²) >= 11 is 0. The predicted molar refractivity (Wildman–Crippen MR) is 106 cm³/mol. The Morgan fingerprint density at radius 2 is 1.93 bits per heavy atom. The molecule has 2 aromatic carbocycles. The lowest BCUT2D eigenvalue weighted by atomic mass is 10.0. The van der Waals surface area contributed by atoms with Gasteiger partial charge in [-0.3, -0.25) is 9.78 Å². The van der Waals surface area contributed by atoms with Crippen LogP contribution in [-0.2, 0) is 11.2 Å². The molecule has 1 unspecified atom stereocenters.